The van der Waals surface area contributed by atoms with Crippen LogP contribution in [-0.4, -0.2) is 6.04 Å². The highest BCUT2D eigenvalue weighted by Gasteiger charge is 2.13. The molecule has 0 aliphatic rings. The largest absolute Gasteiger partial charge is 0.271 e. The first kappa shape index (κ1) is 12.8. The second kappa shape index (κ2) is 5.72. The Morgan fingerprint density at radius 2 is 2.19 bits per heavy atom. The van der Waals surface area contributed by atoms with E-state index in [-0.39, 0.29) is 6.04 Å². The number of benzene rings is 1. The van der Waals surface area contributed by atoms with Crippen molar-refractivity contribution in [1.82, 2.24) is 5.43 Å². The maximum absolute atomic E-state index is 13.4. The number of nitrogens with one attached hydrogen (secondary N) is 1. The summed E-state index contributed by atoms with van der Waals surface area (Å²) in [5.74, 6) is 3.72. The van der Waals surface area contributed by atoms with Crippen LogP contribution in [0.5, 0.6) is 0 Å². The first-order valence-electron chi connectivity index (χ1n) is 5.08. The summed E-state index contributed by atoms with van der Waals surface area (Å²) in [7, 11) is 0. The van der Waals surface area contributed by atoms with Crippen molar-refractivity contribution < 1.29 is 8.78 Å². The van der Waals surface area contributed by atoms with Crippen LogP contribution in [0, 0.1) is 11.6 Å². The molecule has 0 saturated carbocycles. The molecule has 3 N–H and O–H groups in total. The number of hydrogen-bond acceptors (Lipinski definition) is 2. The molecule has 1 aromatic rings. The van der Waals surface area contributed by atoms with Gasteiger partial charge in [-0.1, -0.05) is 17.7 Å². The lowest BCUT2D eigenvalue weighted by molar-refractivity contribution is 0.473. The number of hydrogen-bond donors (Lipinski definition) is 2. The van der Waals surface area contributed by atoms with Gasteiger partial charge in [0.25, 0.3) is 0 Å². The van der Waals surface area contributed by atoms with E-state index in [1.165, 1.54) is 6.07 Å². The lowest BCUT2D eigenvalue weighted by Crippen LogP contribution is -2.37. The Labute approximate surface area is 94.1 Å². The monoisotopic (exact) mass is 226 g/mol. The molecule has 0 amide bonds. The Morgan fingerprint density at radius 3 is 2.75 bits per heavy atom. The van der Waals surface area contributed by atoms with Gasteiger partial charge in [0.2, 0.25) is 0 Å². The van der Waals surface area contributed by atoms with Crippen LogP contribution in [0.1, 0.15) is 18.9 Å². The summed E-state index contributed by atoms with van der Waals surface area (Å²) in [6.45, 7) is 5.63. The molecule has 0 spiro atoms. The molecule has 88 valence electrons. The summed E-state index contributed by atoms with van der Waals surface area (Å²) in [6.07, 6.45) is 0.972. The minimum absolute atomic E-state index is 0.131. The number of rotatable bonds is 5. The Balaban J connectivity index is 2.77. The summed E-state index contributed by atoms with van der Waals surface area (Å²) in [5.41, 5.74) is 3.85. The average molecular weight is 226 g/mol. The van der Waals surface area contributed by atoms with Gasteiger partial charge in [0.1, 0.15) is 0 Å². The molecule has 1 aromatic carbocycles. The summed E-state index contributed by atoms with van der Waals surface area (Å²) < 4.78 is 26.3. The smallest absolute Gasteiger partial charge is 0.162 e. The molecule has 1 unspecified atom stereocenters. The fourth-order valence-corrected chi connectivity index (χ4v) is 1.58. The van der Waals surface area contributed by atoms with Crippen LogP contribution >= 0.6 is 0 Å². The van der Waals surface area contributed by atoms with Crippen molar-refractivity contribution in [3.05, 3.63) is 47.5 Å². The lowest BCUT2D eigenvalue weighted by atomic mass is 10.0. The van der Waals surface area contributed by atoms with Gasteiger partial charge in [-0.3, -0.25) is 11.3 Å². The minimum atomic E-state index is -0.830. The van der Waals surface area contributed by atoms with Gasteiger partial charge >= 0.3 is 0 Å². The van der Waals surface area contributed by atoms with Crippen molar-refractivity contribution in [2.24, 2.45) is 5.84 Å². The van der Waals surface area contributed by atoms with Gasteiger partial charge in [-0.05, 0) is 31.4 Å². The maximum atomic E-state index is 13.4. The summed E-state index contributed by atoms with van der Waals surface area (Å²) in [6, 6.07) is 4.01. The molecule has 1 rings (SSSR count). The van der Waals surface area contributed by atoms with E-state index >= 15 is 0 Å². The van der Waals surface area contributed by atoms with Gasteiger partial charge in [-0.25, -0.2) is 8.78 Å². The quantitative estimate of drug-likeness (QED) is 0.459. The Bertz CT molecular complexity index is 377. The summed E-state index contributed by atoms with van der Waals surface area (Å²) >= 11 is 0. The molecule has 1 atom stereocenters. The second-order valence-electron chi connectivity index (χ2n) is 3.94. The van der Waals surface area contributed by atoms with Crippen LogP contribution in [0.25, 0.3) is 0 Å². The highest BCUT2D eigenvalue weighted by molar-refractivity contribution is 5.20. The average Bonchev–Trinajstić information content (AvgIpc) is 2.23. The molecule has 0 heterocycles. The van der Waals surface area contributed by atoms with Crippen LogP contribution in [0.2, 0.25) is 0 Å². The molecule has 4 heteroatoms. The third-order valence-electron chi connectivity index (χ3n) is 2.33. The van der Waals surface area contributed by atoms with E-state index < -0.39 is 11.6 Å². The molecule has 16 heavy (non-hydrogen) atoms. The third-order valence-corrected chi connectivity index (χ3v) is 2.33. The number of halogens is 2. The zero-order valence-corrected chi connectivity index (χ0v) is 9.26. The van der Waals surface area contributed by atoms with Crippen LogP contribution in [-0.2, 0) is 6.42 Å². The lowest BCUT2D eigenvalue weighted by Gasteiger charge is -2.16. The first-order chi connectivity index (χ1) is 7.54. The van der Waals surface area contributed by atoms with Crippen molar-refractivity contribution in [1.29, 1.82) is 0 Å². The van der Waals surface area contributed by atoms with Gasteiger partial charge < -0.3 is 0 Å². The van der Waals surface area contributed by atoms with E-state index in [0.717, 1.165) is 11.6 Å². The van der Waals surface area contributed by atoms with Gasteiger partial charge in [0.05, 0.1) is 0 Å². The van der Waals surface area contributed by atoms with Crippen LogP contribution in [0.15, 0.2) is 30.4 Å². The zero-order chi connectivity index (χ0) is 12.1. The normalized spacial score (nSPS) is 12.5. The SMILES string of the molecule is C=C(C)CC(Cc1cccc(F)c1F)NN. The van der Waals surface area contributed by atoms with Crippen molar-refractivity contribution in [2.75, 3.05) is 0 Å². The van der Waals surface area contributed by atoms with Crippen molar-refractivity contribution in [3.63, 3.8) is 0 Å². The first-order valence-corrected chi connectivity index (χ1v) is 5.08. The standard InChI is InChI=1S/C12H16F2N2/c1-8(2)6-10(16-15)7-9-4-3-5-11(13)12(9)14/h3-5,10,16H,1,6-7,15H2,2H3. The van der Waals surface area contributed by atoms with Crippen molar-refractivity contribution >= 4 is 0 Å². The van der Waals surface area contributed by atoms with E-state index in [2.05, 4.69) is 12.0 Å². The Morgan fingerprint density at radius 1 is 1.50 bits per heavy atom. The predicted octanol–water partition coefficient (Wildman–Crippen LogP) is 2.31. The second-order valence-corrected chi connectivity index (χ2v) is 3.94. The van der Waals surface area contributed by atoms with Gasteiger partial charge in [0, 0.05) is 6.04 Å². The number of nitrogens with two attached hydrogens (primary N) is 1. The number of hydrazine groups is 1. The van der Waals surface area contributed by atoms with E-state index in [1.807, 2.05) is 6.92 Å². The third kappa shape index (κ3) is 3.40. The van der Waals surface area contributed by atoms with E-state index in [0.29, 0.717) is 18.4 Å². The van der Waals surface area contributed by atoms with E-state index in [4.69, 9.17) is 5.84 Å². The zero-order valence-electron chi connectivity index (χ0n) is 9.26. The summed E-state index contributed by atoms with van der Waals surface area (Å²) in [4.78, 5) is 0. The molecule has 0 saturated heterocycles. The molecule has 0 aliphatic heterocycles. The molecular weight excluding hydrogens is 210 g/mol. The van der Waals surface area contributed by atoms with Crippen LogP contribution in [0.4, 0.5) is 8.78 Å². The molecule has 0 bridgehead atoms. The minimum Gasteiger partial charge on any atom is -0.271 e. The fourth-order valence-electron chi connectivity index (χ4n) is 1.58. The molecule has 0 aromatic heterocycles. The van der Waals surface area contributed by atoms with Crippen LogP contribution in [0.3, 0.4) is 0 Å². The molecule has 2 nitrogen and oxygen atoms in total. The molecule has 0 aliphatic carbocycles. The van der Waals surface area contributed by atoms with Crippen LogP contribution < -0.4 is 11.3 Å². The highest BCUT2D eigenvalue weighted by atomic mass is 19.2. The van der Waals surface area contributed by atoms with Gasteiger partial charge in [-0.15, -0.1) is 6.58 Å². The van der Waals surface area contributed by atoms with E-state index in [9.17, 15) is 8.78 Å². The Kier molecular flexibility index (Phi) is 4.58. The molecule has 0 fully saturated rings. The van der Waals surface area contributed by atoms with E-state index in [1.54, 1.807) is 6.07 Å². The maximum Gasteiger partial charge on any atom is 0.162 e. The fraction of sp³-hybridized carbons (Fsp3) is 0.333. The van der Waals surface area contributed by atoms with Crippen molar-refractivity contribution in [2.45, 2.75) is 25.8 Å². The van der Waals surface area contributed by atoms with Gasteiger partial charge in [0.15, 0.2) is 11.6 Å². The molecule has 0 radical (unpaired) electrons. The Hall–Kier alpha value is -1.26. The molecular formula is C12H16F2N2. The highest BCUT2D eigenvalue weighted by Crippen LogP contribution is 2.15. The summed E-state index contributed by atoms with van der Waals surface area (Å²) in [5, 5.41) is 0. The topological polar surface area (TPSA) is 38.0 Å². The predicted molar refractivity (Wildman–Crippen MR) is 60.6 cm³/mol. The van der Waals surface area contributed by atoms with Gasteiger partial charge in [-0.2, -0.15) is 0 Å². The van der Waals surface area contributed by atoms with Crippen molar-refractivity contribution in [3.8, 4) is 0 Å².